The van der Waals surface area contributed by atoms with E-state index in [4.69, 9.17) is 10.2 Å². The first-order chi connectivity index (χ1) is 8.22. The van der Waals surface area contributed by atoms with Crippen LogP contribution in [0.2, 0.25) is 0 Å². The van der Waals surface area contributed by atoms with Crippen LogP contribution in [0.4, 0.5) is 10.3 Å². The fraction of sp³-hybridized carbons (Fsp3) is 0.385. The third-order valence-corrected chi connectivity index (χ3v) is 3.32. The van der Waals surface area contributed by atoms with Crippen molar-refractivity contribution in [2.75, 3.05) is 18.0 Å². The largest absolute Gasteiger partial charge is 0.441 e. The third-order valence-electron chi connectivity index (χ3n) is 3.32. The van der Waals surface area contributed by atoms with Crippen LogP contribution in [-0.4, -0.2) is 19.1 Å². The van der Waals surface area contributed by atoms with E-state index < -0.39 is 0 Å². The van der Waals surface area contributed by atoms with Gasteiger partial charge in [-0.05, 0) is 31.0 Å². The second-order valence-electron chi connectivity index (χ2n) is 4.59. The maximum absolute atomic E-state index is 13.1. The molecule has 1 aromatic carbocycles. The topological polar surface area (TPSA) is 42.4 Å². The molecule has 0 aliphatic carbocycles. The number of rotatable bonds is 1. The minimum atomic E-state index is -0.231. The lowest BCUT2D eigenvalue weighted by Crippen LogP contribution is -2.39. The second-order valence-corrected chi connectivity index (χ2v) is 4.59. The molecule has 0 unspecified atom stereocenters. The van der Waals surface area contributed by atoms with E-state index in [0.717, 1.165) is 42.8 Å². The molecule has 1 aromatic heterocycles. The van der Waals surface area contributed by atoms with Gasteiger partial charge in [0.05, 0.1) is 0 Å². The summed E-state index contributed by atoms with van der Waals surface area (Å²) in [6, 6.07) is 6.78. The number of nitrogens with zero attached hydrogens (tertiary/aromatic N) is 1. The molecule has 4 heteroatoms. The first-order valence-electron chi connectivity index (χ1n) is 5.92. The number of hydrogen-bond acceptors (Lipinski definition) is 3. The zero-order valence-corrected chi connectivity index (χ0v) is 9.53. The Kier molecular flexibility index (Phi) is 2.52. The van der Waals surface area contributed by atoms with Crippen molar-refractivity contribution < 1.29 is 8.81 Å². The number of halogens is 1. The number of piperidine rings is 1. The molecule has 0 amide bonds. The van der Waals surface area contributed by atoms with Gasteiger partial charge in [0.25, 0.3) is 0 Å². The van der Waals surface area contributed by atoms with Gasteiger partial charge in [-0.3, -0.25) is 0 Å². The molecule has 2 aromatic rings. The molecular weight excluding hydrogens is 219 g/mol. The molecule has 2 heterocycles. The average Bonchev–Trinajstić information content (AvgIpc) is 2.72. The highest BCUT2D eigenvalue weighted by Gasteiger charge is 2.19. The number of furan rings is 1. The molecule has 90 valence electrons. The van der Waals surface area contributed by atoms with Gasteiger partial charge >= 0.3 is 0 Å². The van der Waals surface area contributed by atoms with Crippen LogP contribution in [-0.2, 0) is 0 Å². The molecule has 1 aliphatic rings. The molecule has 2 N–H and O–H groups in total. The Bertz CT molecular complexity index is 529. The Morgan fingerprint density at radius 1 is 1.24 bits per heavy atom. The Balaban J connectivity index is 1.90. The van der Waals surface area contributed by atoms with Crippen molar-refractivity contribution in [1.29, 1.82) is 0 Å². The summed E-state index contributed by atoms with van der Waals surface area (Å²) >= 11 is 0. The lowest BCUT2D eigenvalue weighted by atomic mass is 10.1. The number of hydrogen-bond donors (Lipinski definition) is 1. The Labute approximate surface area is 99.0 Å². The normalized spacial score (nSPS) is 17.9. The van der Waals surface area contributed by atoms with E-state index in [9.17, 15) is 4.39 Å². The predicted octanol–water partition coefficient (Wildman–Crippen LogP) is 2.50. The number of fused-ring (bicyclic) bond motifs is 1. The van der Waals surface area contributed by atoms with Crippen molar-refractivity contribution in [3.8, 4) is 0 Å². The van der Waals surface area contributed by atoms with Gasteiger partial charge in [0.2, 0.25) is 0 Å². The minimum absolute atomic E-state index is 0.231. The van der Waals surface area contributed by atoms with Crippen LogP contribution < -0.4 is 10.6 Å². The Morgan fingerprint density at radius 2 is 2.00 bits per heavy atom. The van der Waals surface area contributed by atoms with Crippen molar-refractivity contribution in [2.24, 2.45) is 5.73 Å². The van der Waals surface area contributed by atoms with Gasteiger partial charge in [0.1, 0.15) is 11.4 Å². The molecule has 0 atom stereocenters. The van der Waals surface area contributed by atoms with E-state index in [1.165, 1.54) is 12.1 Å². The highest BCUT2D eigenvalue weighted by Crippen LogP contribution is 2.28. The fourth-order valence-corrected chi connectivity index (χ4v) is 2.28. The van der Waals surface area contributed by atoms with E-state index >= 15 is 0 Å². The van der Waals surface area contributed by atoms with Crippen LogP contribution in [0.15, 0.2) is 28.7 Å². The predicted molar refractivity (Wildman–Crippen MR) is 65.6 cm³/mol. The van der Waals surface area contributed by atoms with Crippen LogP contribution >= 0.6 is 0 Å². The first kappa shape index (κ1) is 10.6. The second kappa shape index (κ2) is 4.04. The SMILES string of the molecule is NC1CCN(c2cc3cc(F)ccc3o2)CC1. The summed E-state index contributed by atoms with van der Waals surface area (Å²) < 4.78 is 18.8. The summed E-state index contributed by atoms with van der Waals surface area (Å²) in [5.74, 6) is 0.586. The summed E-state index contributed by atoms with van der Waals surface area (Å²) in [6.07, 6.45) is 1.96. The van der Waals surface area contributed by atoms with Crippen LogP contribution in [0.25, 0.3) is 11.0 Å². The lowest BCUT2D eigenvalue weighted by molar-refractivity contribution is 0.472. The van der Waals surface area contributed by atoms with Gasteiger partial charge < -0.3 is 15.1 Å². The highest BCUT2D eigenvalue weighted by atomic mass is 19.1. The molecule has 0 bridgehead atoms. The molecule has 0 saturated carbocycles. The summed E-state index contributed by atoms with van der Waals surface area (Å²) in [6.45, 7) is 1.81. The average molecular weight is 234 g/mol. The van der Waals surface area contributed by atoms with Gasteiger partial charge in [-0.25, -0.2) is 4.39 Å². The zero-order valence-electron chi connectivity index (χ0n) is 9.53. The fourth-order valence-electron chi connectivity index (χ4n) is 2.28. The van der Waals surface area contributed by atoms with E-state index in [-0.39, 0.29) is 5.82 Å². The zero-order chi connectivity index (χ0) is 11.8. The van der Waals surface area contributed by atoms with Crippen molar-refractivity contribution >= 4 is 16.9 Å². The van der Waals surface area contributed by atoms with Crippen LogP contribution in [0.3, 0.4) is 0 Å². The van der Waals surface area contributed by atoms with Gasteiger partial charge in [-0.1, -0.05) is 0 Å². The molecule has 17 heavy (non-hydrogen) atoms. The molecular formula is C13H15FN2O. The summed E-state index contributed by atoms with van der Waals surface area (Å²) in [5.41, 5.74) is 6.60. The van der Waals surface area contributed by atoms with Crippen LogP contribution in [0.5, 0.6) is 0 Å². The van der Waals surface area contributed by atoms with Crippen molar-refractivity contribution in [2.45, 2.75) is 18.9 Å². The molecule has 1 saturated heterocycles. The number of benzene rings is 1. The van der Waals surface area contributed by atoms with Gasteiger partial charge in [0, 0.05) is 30.6 Å². The smallest absolute Gasteiger partial charge is 0.196 e. The summed E-state index contributed by atoms with van der Waals surface area (Å²) in [5, 5.41) is 0.815. The Hall–Kier alpha value is -1.55. The van der Waals surface area contributed by atoms with Crippen molar-refractivity contribution in [1.82, 2.24) is 0 Å². The van der Waals surface area contributed by atoms with E-state index in [0.29, 0.717) is 6.04 Å². The van der Waals surface area contributed by atoms with Crippen molar-refractivity contribution in [3.63, 3.8) is 0 Å². The van der Waals surface area contributed by atoms with Crippen molar-refractivity contribution in [3.05, 3.63) is 30.1 Å². The van der Waals surface area contributed by atoms with Crippen LogP contribution in [0, 0.1) is 5.82 Å². The van der Waals surface area contributed by atoms with E-state index in [1.54, 1.807) is 6.07 Å². The van der Waals surface area contributed by atoms with E-state index in [1.807, 2.05) is 6.07 Å². The van der Waals surface area contributed by atoms with Gasteiger partial charge in [-0.15, -0.1) is 0 Å². The highest BCUT2D eigenvalue weighted by molar-refractivity contribution is 5.81. The summed E-state index contributed by atoms with van der Waals surface area (Å²) in [4.78, 5) is 2.17. The first-order valence-corrected chi connectivity index (χ1v) is 5.92. The molecule has 0 spiro atoms. The maximum Gasteiger partial charge on any atom is 0.196 e. The molecule has 0 radical (unpaired) electrons. The summed E-state index contributed by atoms with van der Waals surface area (Å²) in [7, 11) is 0. The molecule has 1 aliphatic heterocycles. The molecule has 3 nitrogen and oxygen atoms in total. The van der Waals surface area contributed by atoms with E-state index in [2.05, 4.69) is 4.90 Å². The minimum Gasteiger partial charge on any atom is -0.441 e. The molecule has 1 fully saturated rings. The lowest BCUT2D eigenvalue weighted by Gasteiger charge is -2.29. The molecule has 3 rings (SSSR count). The van der Waals surface area contributed by atoms with Crippen LogP contribution in [0.1, 0.15) is 12.8 Å². The number of nitrogens with two attached hydrogens (primary N) is 1. The monoisotopic (exact) mass is 234 g/mol. The number of anilines is 1. The Morgan fingerprint density at radius 3 is 2.76 bits per heavy atom. The standard InChI is InChI=1S/C13H15FN2O/c14-10-1-2-12-9(7-10)8-13(17-12)16-5-3-11(15)4-6-16/h1-2,7-8,11H,3-6,15H2. The maximum atomic E-state index is 13.1. The third kappa shape index (κ3) is 2.00. The van der Waals surface area contributed by atoms with Gasteiger partial charge in [0.15, 0.2) is 5.88 Å². The quantitative estimate of drug-likeness (QED) is 0.824. The van der Waals surface area contributed by atoms with Gasteiger partial charge in [-0.2, -0.15) is 0 Å².